The highest BCUT2D eigenvalue weighted by atomic mass is 35.5. The molecule has 0 unspecified atom stereocenters. The van der Waals surface area contributed by atoms with Crippen LogP contribution in [0.1, 0.15) is 5.56 Å². The molecule has 3 nitrogen and oxygen atoms in total. The molecule has 0 saturated carbocycles. The van der Waals surface area contributed by atoms with Crippen molar-refractivity contribution < 1.29 is 17.7 Å². The number of rotatable bonds is 1. The Bertz CT molecular complexity index is 551. The summed E-state index contributed by atoms with van der Waals surface area (Å²) in [7, 11) is 0. The van der Waals surface area contributed by atoms with E-state index in [1.807, 2.05) is 0 Å². The van der Waals surface area contributed by atoms with Gasteiger partial charge in [-0.1, -0.05) is 22.8 Å². The second kappa shape index (κ2) is 3.96. The number of anilines is 1. The molecule has 0 radical (unpaired) electrons. The molecule has 0 amide bonds. The van der Waals surface area contributed by atoms with Crippen LogP contribution in [0.2, 0.25) is 5.02 Å². The van der Waals surface area contributed by atoms with Crippen molar-refractivity contribution in [2.45, 2.75) is 6.18 Å². The highest BCUT2D eigenvalue weighted by Crippen LogP contribution is 2.35. The van der Waals surface area contributed by atoms with E-state index < -0.39 is 11.7 Å². The maximum atomic E-state index is 12.4. The molecule has 0 atom stereocenters. The standard InChI is InChI=1S/C10H6ClF3N2O/c11-7-3-5(10(12,13)14)1-2-6(7)8-4-9(15)17-16-8/h1-4H,15H2. The first-order chi connectivity index (χ1) is 7.88. The number of benzene rings is 1. The molecule has 1 heterocycles. The Hall–Kier alpha value is -1.69. The molecule has 17 heavy (non-hydrogen) atoms. The Morgan fingerprint density at radius 1 is 1.24 bits per heavy atom. The number of hydrogen-bond acceptors (Lipinski definition) is 3. The Balaban J connectivity index is 2.45. The van der Waals surface area contributed by atoms with Gasteiger partial charge in [-0.2, -0.15) is 13.2 Å². The average molecular weight is 263 g/mol. The van der Waals surface area contributed by atoms with Gasteiger partial charge in [-0.3, -0.25) is 0 Å². The van der Waals surface area contributed by atoms with Crippen LogP contribution in [0.4, 0.5) is 19.1 Å². The van der Waals surface area contributed by atoms with Crippen LogP contribution in [0, 0.1) is 0 Å². The van der Waals surface area contributed by atoms with Crippen molar-refractivity contribution >= 4 is 17.5 Å². The van der Waals surface area contributed by atoms with Crippen molar-refractivity contribution in [3.8, 4) is 11.3 Å². The molecule has 2 N–H and O–H groups in total. The number of nitrogens with zero attached hydrogens (tertiary/aromatic N) is 1. The van der Waals surface area contributed by atoms with Gasteiger partial charge in [0.15, 0.2) is 0 Å². The van der Waals surface area contributed by atoms with Gasteiger partial charge in [-0.15, -0.1) is 0 Å². The van der Waals surface area contributed by atoms with Gasteiger partial charge >= 0.3 is 6.18 Å². The largest absolute Gasteiger partial charge is 0.416 e. The normalized spacial score (nSPS) is 11.8. The summed E-state index contributed by atoms with van der Waals surface area (Å²) in [4.78, 5) is 0. The van der Waals surface area contributed by atoms with E-state index in [1.165, 1.54) is 12.1 Å². The van der Waals surface area contributed by atoms with Gasteiger partial charge < -0.3 is 10.3 Å². The van der Waals surface area contributed by atoms with Crippen LogP contribution in [-0.4, -0.2) is 5.16 Å². The van der Waals surface area contributed by atoms with Crippen molar-refractivity contribution in [2.75, 3.05) is 5.73 Å². The minimum Gasteiger partial charge on any atom is -0.368 e. The van der Waals surface area contributed by atoms with E-state index in [4.69, 9.17) is 17.3 Å². The zero-order valence-electron chi connectivity index (χ0n) is 8.25. The Morgan fingerprint density at radius 2 is 1.94 bits per heavy atom. The lowest BCUT2D eigenvalue weighted by Gasteiger charge is -2.08. The van der Waals surface area contributed by atoms with Crippen LogP contribution >= 0.6 is 11.6 Å². The third kappa shape index (κ3) is 2.36. The molecule has 2 aromatic rings. The number of nitrogen functional groups attached to an aromatic ring is 1. The van der Waals surface area contributed by atoms with Crippen LogP contribution in [-0.2, 0) is 6.18 Å². The van der Waals surface area contributed by atoms with Gasteiger partial charge in [-0.25, -0.2) is 0 Å². The fraction of sp³-hybridized carbons (Fsp3) is 0.100. The topological polar surface area (TPSA) is 52.0 Å². The summed E-state index contributed by atoms with van der Waals surface area (Å²) in [6.45, 7) is 0. The lowest BCUT2D eigenvalue weighted by Crippen LogP contribution is -2.04. The van der Waals surface area contributed by atoms with Crippen molar-refractivity contribution in [3.63, 3.8) is 0 Å². The molecule has 90 valence electrons. The fourth-order valence-corrected chi connectivity index (χ4v) is 1.59. The first kappa shape index (κ1) is 11.8. The minimum atomic E-state index is -4.43. The third-order valence-electron chi connectivity index (χ3n) is 2.10. The first-order valence-electron chi connectivity index (χ1n) is 4.47. The number of hydrogen-bond donors (Lipinski definition) is 1. The number of halogens is 4. The predicted molar refractivity (Wildman–Crippen MR) is 56.4 cm³/mol. The molecule has 0 aliphatic carbocycles. The van der Waals surface area contributed by atoms with Crippen LogP contribution < -0.4 is 5.73 Å². The van der Waals surface area contributed by atoms with E-state index in [2.05, 4.69) is 9.68 Å². The maximum Gasteiger partial charge on any atom is 0.416 e. The molecular formula is C10H6ClF3N2O. The zero-order valence-corrected chi connectivity index (χ0v) is 9.01. The summed E-state index contributed by atoms with van der Waals surface area (Å²) in [5.74, 6) is 0.0657. The monoisotopic (exact) mass is 262 g/mol. The first-order valence-corrected chi connectivity index (χ1v) is 4.85. The number of nitrogens with two attached hydrogens (primary N) is 1. The molecule has 1 aromatic heterocycles. The van der Waals surface area contributed by atoms with E-state index in [9.17, 15) is 13.2 Å². The van der Waals surface area contributed by atoms with Crippen LogP contribution in [0.25, 0.3) is 11.3 Å². The number of alkyl halides is 3. The molecule has 0 spiro atoms. The van der Waals surface area contributed by atoms with E-state index in [0.29, 0.717) is 11.3 Å². The number of aromatic nitrogens is 1. The molecule has 2 rings (SSSR count). The van der Waals surface area contributed by atoms with Gasteiger partial charge in [0.2, 0.25) is 5.88 Å². The second-order valence-corrected chi connectivity index (χ2v) is 3.71. The maximum absolute atomic E-state index is 12.4. The lowest BCUT2D eigenvalue weighted by atomic mass is 10.1. The Kier molecular flexibility index (Phi) is 2.74. The van der Waals surface area contributed by atoms with Crippen LogP contribution in [0.5, 0.6) is 0 Å². The quantitative estimate of drug-likeness (QED) is 0.854. The molecule has 0 bridgehead atoms. The highest BCUT2D eigenvalue weighted by molar-refractivity contribution is 6.33. The molecule has 7 heteroatoms. The summed E-state index contributed by atoms with van der Waals surface area (Å²) in [5, 5.41) is 3.51. The minimum absolute atomic E-state index is 0.0619. The van der Waals surface area contributed by atoms with Gasteiger partial charge in [0.1, 0.15) is 5.69 Å². The smallest absolute Gasteiger partial charge is 0.368 e. The Labute approximate surface area is 99.0 Å². The van der Waals surface area contributed by atoms with Crippen molar-refractivity contribution in [1.29, 1.82) is 0 Å². The highest BCUT2D eigenvalue weighted by Gasteiger charge is 2.31. The molecular weight excluding hydrogens is 257 g/mol. The third-order valence-corrected chi connectivity index (χ3v) is 2.41. The Morgan fingerprint density at radius 3 is 2.41 bits per heavy atom. The van der Waals surface area contributed by atoms with Crippen LogP contribution in [0.15, 0.2) is 28.8 Å². The van der Waals surface area contributed by atoms with Gasteiger partial charge in [0.25, 0.3) is 0 Å². The summed E-state index contributed by atoms with van der Waals surface area (Å²) < 4.78 is 41.8. The van der Waals surface area contributed by atoms with E-state index in [0.717, 1.165) is 12.1 Å². The van der Waals surface area contributed by atoms with Gasteiger partial charge in [0.05, 0.1) is 10.6 Å². The molecule has 0 aliphatic rings. The van der Waals surface area contributed by atoms with E-state index >= 15 is 0 Å². The van der Waals surface area contributed by atoms with Gasteiger partial charge in [-0.05, 0) is 12.1 Å². The van der Waals surface area contributed by atoms with E-state index in [-0.39, 0.29) is 10.9 Å². The molecule has 0 fully saturated rings. The summed E-state index contributed by atoms with van der Waals surface area (Å²) >= 11 is 5.76. The van der Waals surface area contributed by atoms with Crippen molar-refractivity contribution in [3.05, 3.63) is 34.9 Å². The second-order valence-electron chi connectivity index (χ2n) is 3.31. The van der Waals surface area contributed by atoms with Crippen LogP contribution in [0.3, 0.4) is 0 Å². The average Bonchev–Trinajstić information content (AvgIpc) is 2.63. The molecule has 0 saturated heterocycles. The summed E-state index contributed by atoms with van der Waals surface area (Å²) in [6, 6.07) is 4.37. The van der Waals surface area contributed by atoms with E-state index in [1.54, 1.807) is 0 Å². The SMILES string of the molecule is Nc1cc(-c2ccc(C(F)(F)F)cc2Cl)no1. The predicted octanol–water partition coefficient (Wildman–Crippen LogP) is 3.60. The molecule has 0 aliphatic heterocycles. The van der Waals surface area contributed by atoms with Crippen molar-refractivity contribution in [1.82, 2.24) is 5.16 Å². The molecule has 1 aromatic carbocycles. The lowest BCUT2D eigenvalue weighted by molar-refractivity contribution is -0.137. The fourth-order valence-electron chi connectivity index (χ4n) is 1.32. The van der Waals surface area contributed by atoms with Gasteiger partial charge in [0, 0.05) is 11.6 Å². The summed E-state index contributed by atoms with van der Waals surface area (Å²) in [5.41, 5.74) is 5.12. The zero-order chi connectivity index (χ0) is 12.6. The van der Waals surface area contributed by atoms with Crippen molar-refractivity contribution in [2.24, 2.45) is 0 Å². The summed E-state index contributed by atoms with van der Waals surface area (Å²) in [6.07, 6.45) is -4.43.